The van der Waals surface area contributed by atoms with Crippen LogP contribution in [0.2, 0.25) is 0 Å². The summed E-state index contributed by atoms with van der Waals surface area (Å²) in [5.41, 5.74) is 8.64. The summed E-state index contributed by atoms with van der Waals surface area (Å²) < 4.78 is 5.12. The third-order valence-electron chi connectivity index (χ3n) is 3.13. The number of aromatic nitrogens is 1. The number of benzene rings is 2. The fraction of sp³-hybridized carbons (Fsp3) is 0.118. The van der Waals surface area contributed by atoms with Crippen molar-refractivity contribution >= 4 is 16.8 Å². The molecule has 0 radical (unpaired) electrons. The van der Waals surface area contributed by atoms with Gasteiger partial charge >= 0.3 is 0 Å². The number of aryl methyl sites for hydroxylation is 1. The second kappa shape index (κ2) is 5.50. The number of hydrogen-bond acceptors (Lipinski definition) is 3. The summed E-state index contributed by atoms with van der Waals surface area (Å²) in [6.45, 7) is 0. The molecule has 0 spiro atoms. The van der Waals surface area contributed by atoms with E-state index in [1.165, 1.54) is 5.56 Å². The highest BCUT2D eigenvalue weighted by Crippen LogP contribution is 2.23. The van der Waals surface area contributed by atoms with E-state index in [0.717, 1.165) is 23.8 Å². The highest BCUT2D eigenvalue weighted by atomic mass is 16.5. The van der Waals surface area contributed by atoms with Crippen LogP contribution in [0.25, 0.3) is 11.0 Å². The van der Waals surface area contributed by atoms with Crippen LogP contribution in [0, 0.1) is 11.8 Å². The normalized spacial score (nSPS) is 10.2. The average Bonchev–Trinajstić information content (AvgIpc) is 2.87. The van der Waals surface area contributed by atoms with E-state index in [4.69, 9.17) is 10.3 Å². The van der Waals surface area contributed by atoms with Gasteiger partial charge in [0.05, 0.1) is 5.39 Å². The van der Waals surface area contributed by atoms with Crippen molar-refractivity contribution in [2.45, 2.75) is 12.8 Å². The first-order valence-electron chi connectivity index (χ1n) is 6.51. The molecule has 1 aromatic heterocycles. The highest BCUT2D eigenvalue weighted by Gasteiger charge is 2.07. The Labute approximate surface area is 117 Å². The number of anilines is 1. The Morgan fingerprint density at radius 2 is 1.90 bits per heavy atom. The molecule has 2 N–H and O–H groups in total. The topological polar surface area (TPSA) is 52.0 Å². The summed E-state index contributed by atoms with van der Waals surface area (Å²) in [6.07, 6.45) is 1.76. The second-order valence-electron chi connectivity index (χ2n) is 4.53. The lowest BCUT2D eigenvalue weighted by atomic mass is 10.1. The number of nitrogen functional groups attached to an aromatic ring is 1. The molecular formula is C17H14N2O. The third-order valence-corrected chi connectivity index (χ3v) is 3.13. The zero-order valence-electron chi connectivity index (χ0n) is 11.0. The first-order valence-corrected chi connectivity index (χ1v) is 6.51. The molecule has 0 fully saturated rings. The predicted molar refractivity (Wildman–Crippen MR) is 80.1 cm³/mol. The van der Waals surface area contributed by atoms with Gasteiger partial charge in [0, 0.05) is 12.0 Å². The first-order chi connectivity index (χ1) is 9.84. The van der Waals surface area contributed by atoms with Gasteiger partial charge in [-0.2, -0.15) is 0 Å². The van der Waals surface area contributed by atoms with Crippen molar-refractivity contribution in [1.29, 1.82) is 0 Å². The molecule has 98 valence electrons. The molecule has 0 aliphatic carbocycles. The van der Waals surface area contributed by atoms with Gasteiger partial charge in [-0.3, -0.25) is 0 Å². The maximum absolute atomic E-state index is 5.80. The Kier molecular flexibility index (Phi) is 3.38. The number of fused-ring (bicyclic) bond motifs is 1. The monoisotopic (exact) mass is 262 g/mol. The Balaban J connectivity index is 1.77. The summed E-state index contributed by atoms with van der Waals surface area (Å²) >= 11 is 0. The summed E-state index contributed by atoms with van der Waals surface area (Å²) in [6, 6.07) is 16.0. The molecule has 0 saturated heterocycles. The zero-order chi connectivity index (χ0) is 13.8. The van der Waals surface area contributed by atoms with E-state index in [-0.39, 0.29) is 0 Å². The lowest BCUT2D eigenvalue weighted by Crippen LogP contribution is -1.86. The lowest BCUT2D eigenvalue weighted by molar-refractivity contribution is 0.460. The van der Waals surface area contributed by atoms with Crippen LogP contribution in [-0.2, 0) is 6.42 Å². The van der Waals surface area contributed by atoms with Crippen LogP contribution in [0.4, 0.5) is 5.82 Å². The van der Waals surface area contributed by atoms with Crippen molar-refractivity contribution in [3.05, 3.63) is 59.7 Å². The number of hydrogen-bond donors (Lipinski definition) is 1. The highest BCUT2D eigenvalue weighted by molar-refractivity contribution is 5.92. The molecule has 0 unspecified atom stereocenters. The van der Waals surface area contributed by atoms with E-state index in [2.05, 4.69) is 29.1 Å². The van der Waals surface area contributed by atoms with Gasteiger partial charge in [-0.15, -0.1) is 0 Å². The molecule has 0 saturated carbocycles. The van der Waals surface area contributed by atoms with Crippen LogP contribution in [-0.4, -0.2) is 5.16 Å². The summed E-state index contributed by atoms with van der Waals surface area (Å²) in [7, 11) is 0. The molecule has 3 aromatic rings. The predicted octanol–water partition coefficient (Wildman–Crippen LogP) is 3.39. The van der Waals surface area contributed by atoms with Gasteiger partial charge in [0.2, 0.25) is 0 Å². The van der Waals surface area contributed by atoms with Crippen molar-refractivity contribution < 1.29 is 4.52 Å². The molecule has 0 bridgehead atoms. The average molecular weight is 262 g/mol. The summed E-state index contributed by atoms with van der Waals surface area (Å²) in [5.74, 6) is 6.74. The number of nitrogens with two attached hydrogens (primary N) is 1. The van der Waals surface area contributed by atoms with Crippen molar-refractivity contribution in [2.75, 3.05) is 5.73 Å². The van der Waals surface area contributed by atoms with Crippen LogP contribution in [0.5, 0.6) is 0 Å². The quantitative estimate of drug-likeness (QED) is 0.720. The molecule has 3 heteroatoms. The molecule has 20 heavy (non-hydrogen) atoms. The third kappa shape index (κ3) is 2.50. The molecule has 0 amide bonds. The Morgan fingerprint density at radius 3 is 2.75 bits per heavy atom. The molecule has 2 aromatic carbocycles. The largest absolute Gasteiger partial charge is 0.380 e. The first kappa shape index (κ1) is 12.3. The van der Waals surface area contributed by atoms with Gasteiger partial charge in [-0.25, -0.2) is 0 Å². The van der Waals surface area contributed by atoms with Crippen LogP contribution >= 0.6 is 0 Å². The van der Waals surface area contributed by atoms with E-state index < -0.39 is 0 Å². The van der Waals surface area contributed by atoms with Crippen molar-refractivity contribution in [2.24, 2.45) is 0 Å². The molecular weight excluding hydrogens is 248 g/mol. The van der Waals surface area contributed by atoms with Crippen molar-refractivity contribution in [3.63, 3.8) is 0 Å². The maximum Gasteiger partial charge on any atom is 0.176 e. The minimum atomic E-state index is 0.396. The maximum atomic E-state index is 5.80. The number of nitrogens with zero attached hydrogens (tertiary/aromatic N) is 1. The van der Waals surface area contributed by atoms with Crippen LogP contribution in [0.3, 0.4) is 0 Å². The Bertz CT molecular complexity index is 779. The minimum absolute atomic E-state index is 0.396. The molecule has 0 atom stereocenters. The smallest absolute Gasteiger partial charge is 0.176 e. The Hall–Kier alpha value is -2.73. The Morgan fingerprint density at radius 1 is 1.05 bits per heavy atom. The molecule has 0 aliphatic rings. The van der Waals surface area contributed by atoms with Crippen molar-refractivity contribution in [3.8, 4) is 11.8 Å². The van der Waals surface area contributed by atoms with Crippen LogP contribution in [0.1, 0.15) is 17.5 Å². The van der Waals surface area contributed by atoms with Gasteiger partial charge in [0.25, 0.3) is 0 Å². The van der Waals surface area contributed by atoms with E-state index in [1.54, 1.807) is 0 Å². The van der Waals surface area contributed by atoms with Gasteiger partial charge in [-0.05, 0) is 24.1 Å². The second-order valence-corrected chi connectivity index (χ2v) is 4.53. The van der Waals surface area contributed by atoms with Gasteiger partial charge in [0.15, 0.2) is 11.4 Å². The fourth-order valence-electron chi connectivity index (χ4n) is 2.13. The van der Waals surface area contributed by atoms with Crippen LogP contribution in [0.15, 0.2) is 53.1 Å². The number of rotatable bonds is 2. The molecule has 3 nitrogen and oxygen atoms in total. The van der Waals surface area contributed by atoms with Gasteiger partial charge in [0.1, 0.15) is 0 Å². The summed E-state index contributed by atoms with van der Waals surface area (Å²) in [4.78, 5) is 0. The minimum Gasteiger partial charge on any atom is -0.380 e. The fourth-order valence-corrected chi connectivity index (χ4v) is 2.13. The summed E-state index contributed by atoms with van der Waals surface area (Å²) in [5, 5.41) is 4.57. The van der Waals surface area contributed by atoms with Crippen LogP contribution < -0.4 is 5.73 Å². The van der Waals surface area contributed by atoms with E-state index in [1.807, 2.05) is 36.4 Å². The lowest BCUT2D eigenvalue weighted by Gasteiger charge is -1.95. The van der Waals surface area contributed by atoms with Gasteiger partial charge in [-0.1, -0.05) is 53.4 Å². The SMILES string of the molecule is Nc1noc2cccc(C#CCCc3ccccc3)c12. The van der Waals surface area contributed by atoms with Crippen molar-refractivity contribution in [1.82, 2.24) is 5.16 Å². The van der Waals surface area contributed by atoms with E-state index >= 15 is 0 Å². The van der Waals surface area contributed by atoms with Gasteiger partial charge < -0.3 is 10.3 Å². The standard InChI is InChI=1S/C17H14N2O/c18-17-16-14(11-6-12-15(16)20-19-17)10-5-4-9-13-7-2-1-3-8-13/h1-3,6-8,11-12H,4,9H2,(H2,18,19). The van der Waals surface area contributed by atoms with E-state index in [0.29, 0.717) is 11.4 Å². The molecule has 3 rings (SSSR count). The zero-order valence-corrected chi connectivity index (χ0v) is 11.0. The molecule has 1 heterocycles. The molecule has 0 aliphatic heterocycles. The van der Waals surface area contributed by atoms with E-state index in [9.17, 15) is 0 Å².